The smallest absolute Gasteiger partial charge is 0.269 e. The molecule has 1 aromatic heterocycles. The fourth-order valence-electron chi connectivity index (χ4n) is 2.00. The Balaban J connectivity index is 2.20. The molecule has 4 nitrogen and oxygen atoms in total. The number of hydrogen-bond acceptors (Lipinski definition) is 3. The molecule has 5 heteroatoms. The van der Waals surface area contributed by atoms with E-state index in [4.69, 9.17) is 18.0 Å². The van der Waals surface area contributed by atoms with Crippen LogP contribution in [0.1, 0.15) is 62.0 Å². The fraction of sp³-hybridized carbons (Fsp3) is 0.562. The SMILES string of the molecule is CC(C)CCCCCCNC(=O)c1ccc(C(N)=S)cn1. The second-order valence-corrected chi connectivity index (χ2v) is 6.09. The molecule has 0 aliphatic carbocycles. The van der Waals surface area contributed by atoms with Crippen LogP contribution in [-0.4, -0.2) is 22.4 Å². The van der Waals surface area contributed by atoms with E-state index in [1.54, 1.807) is 12.1 Å². The van der Waals surface area contributed by atoms with Crippen molar-refractivity contribution in [2.75, 3.05) is 6.54 Å². The maximum absolute atomic E-state index is 11.9. The molecule has 1 amide bonds. The number of amides is 1. The number of carbonyl (C=O) groups excluding carboxylic acids is 1. The largest absolute Gasteiger partial charge is 0.389 e. The van der Waals surface area contributed by atoms with Crippen molar-refractivity contribution in [3.05, 3.63) is 29.6 Å². The Labute approximate surface area is 132 Å². The molecule has 116 valence electrons. The first kappa shape index (κ1) is 17.6. The van der Waals surface area contributed by atoms with E-state index in [9.17, 15) is 4.79 Å². The summed E-state index contributed by atoms with van der Waals surface area (Å²) in [6.07, 6.45) is 7.48. The summed E-state index contributed by atoms with van der Waals surface area (Å²) >= 11 is 4.84. The Bertz CT molecular complexity index is 457. The zero-order valence-corrected chi connectivity index (χ0v) is 13.7. The van der Waals surface area contributed by atoms with Crippen molar-refractivity contribution in [2.24, 2.45) is 11.7 Å². The molecule has 21 heavy (non-hydrogen) atoms. The van der Waals surface area contributed by atoms with E-state index in [-0.39, 0.29) is 10.9 Å². The lowest BCUT2D eigenvalue weighted by atomic mass is 10.0. The molecule has 0 radical (unpaired) electrons. The Kier molecular flexibility index (Phi) is 7.90. The summed E-state index contributed by atoms with van der Waals surface area (Å²) in [7, 11) is 0. The minimum absolute atomic E-state index is 0.147. The third kappa shape index (κ3) is 7.18. The van der Waals surface area contributed by atoms with Crippen LogP contribution in [0.5, 0.6) is 0 Å². The van der Waals surface area contributed by atoms with Gasteiger partial charge in [-0.05, 0) is 24.5 Å². The quantitative estimate of drug-likeness (QED) is 0.543. The molecule has 0 fully saturated rings. The standard InChI is InChI=1S/C16H25N3OS/c1-12(2)7-5-3-4-6-10-18-16(20)14-9-8-13(11-19-14)15(17)21/h8-9,11-12H,3-7,10H2,1-2H3,(H2,17,21)(H,18,20). The van der Waals surface area contributed by atoms with Crippen molar-refractivity contribution in [2.45, 2.75) is 46.0 Å². The van der Waals surface area contributed by atoms with Crippen LogP contribution in [-0.2, 0) is 0 Å². The summed E-state index contributed by atoms with van der Waals surface area (Å²) in [6, 6.07) is 3.36. The second kappa shape index (κ2) is 9.45. The highest BCUT2D eigenvalue weighted by atomic mass is 32.1. The molecular formula is C16H25N3OS. The maximum atomic E-state index is 11.9. The van der Waals surface area contributed by atoms with Gasteiger partial charge in [-0.25, -0.2) is 0 Å². The van der Waals surface area contributed by atoms with Crippen LogP contribution in [0.15, 0.2) is 18.3 Å². The minimum atomic E-state index is -0.147. The summed E-state index contributed by atoms with van der Waals surface area (Å²) in [5.41, 5.74) is 6.56. The van der Waals surface area contributed by atoms with Crippen LogP contribution >= 0.6 is 12.2 Å². The maximum Gasteiger partial charge on any atom is 0.269 e. The number of rotatable bonds is 9. The highest BCUT2D eigenvalue weighted by Gasteiger charge is 2.06. The molecule has 0 saturated heterocycles. The number of hydrogen-bond donors (Lipinski definition) is 2. The average molecular weight is 307 g/mol. The van der Waals surface area contributed by atoms with E-state index in [2.05, 4.69) is 24.1 Å². The van der Waals surface area contributed by atoms with Gasteiger partial charge in [-0.3, -0.25) is 9.78 Å². The zero-order valence-electron chi connectivity index (χ0n) is 12.9. The van der Waals surface area contributed by atoms with E-state index in [1.165, 1.54) is 25.5 Å². The first-order valence-electron chi connectivity index (χ1n) is 7.54. The predicted molar refractivity (Wildman–Crippen MR) is 90.4 cm³/mol. The molecule has 0 aliphatic heterocycles. The molecule has 0 atom stereocenters. The Morgan fingerprint density at radius 1 is 1.29 bits per heavy atom. The van der Waals surface area contributed by atoms with Crippen molar-refractivity contribution in [3.63, 3.8) is 0 Å². The first-order valence-corrected chi connectivity index (χ1v) is 7.95. The van der Waals surface area contributed by atoms with Gasteiger partial charge in [0.1, 0.15) is 10.7 Å². The lowest BCUT2D eigenvalue weighted by molar-refractivity contribution is 0.0948. The molecule has 0 unspecified atom stereocenters. The van der Waals surface area contributed by atoms with Crippen LogP contribution in [0.4, 0.5) is 0 Å². The van der Waals surface area contributed by atoms with Crippen LogP contribution in [0.3, 0.4) is 0 Å². The number of nitrogens with two attached hydrogens (primary N) is 1. The third-order valence-electron chi connectivity index (χ3n) is 3.27. The van der Waals surface area contributed by atoms with E-state index in [1.807, 2.05) is 0 Å². The lowest BCUT2D eigenvalue weighted by Crippen LogP contribution is -2.25. The van der Waals surface area contributed by atoms with Crippen LogP contribution < -0.4 is 11.1 Å². The van der Waals surface area contributed by atoms with Gasteiger partial charge >= 0.3 is 0 Å². The van der Waals surface area contributed by atoms with Gasteiger partial charge in [0.25, 0.3) is 5.91 Å². The van der Waals surface area contributed by atoms with E-state index in [0.29, 0.717) is 17.8 Å². The van der Waals surface area contributed by atoms with Crippen molar-refractivity contribution < 1.29 is 4.79 Å². The number of aromatic nitrogens is 1. The van der Waals surface area contributed by atoms with Crippen molar-refractivity contribution in [1.82, 2.24) is 10.3 Å². The van der Waals surface area contributed by atoms with Gasteiger partial charge in [0.15, 0.2) is 0 Å². The van der Waals surface area contributed by atoms with Crippen LogP contribution in [0.2, 0.25) is 0 Å². The van der Waals surface area contributed by atoms with Crippen molar-refractivity contribution in [3.8, 4) is 0 Å². The molecular weight excluding hydrogens is 282 g/mol. The monoisotopic (exact) mass is 307 g/mol. The topological polar surface area (TPSA) is 68.0 Å². The Hall–Kier alpha value is -1.49. The fourth-order valence-corrected chi connectivity index (χ4v) is 2.12. The van der Waals surface area contributed by atoms with E-state index < -0.39 is 0 Å². The van der Waals surface area contributed by atoms with E-state index >= 15 is 0 Å². The van der Waals surface area contributed by atoms with Gasteiger partial charge in [-0.15, -0.1) is 0 Å². The van der Waals surface area contributed by atoms with Gasteiger partial charge < -0.3 is 11.1 Å². The van der Waals surface area contributed by atoms with Gasteiger partial charge in [-0.2, -0.15) is 0 Å². The molecule has 1 rings (SSSR count). The molecule has 0 bridgehead atoms. The molecule has 1 aromatic rings. The zero-order chi connectivity index (χ0) is 15.7. The lowest BCUT2D eigenvalue weighted by Gasteiger charge is -2.06. The summed E-state index contributed by atoms with van der Waals surface area (Å²) < 4.78 is 0. The molecule has 1 heterocycles. The van der Waals surface area contributed by atoms with Crippen LogP contribution in [0, 0.1) is 5.92 Å². The second-order valence-electron chi connectivity index (χ2n) is 5.65. The number of nitrogens with zero attached hydrogens (tertiary/aromatic N) is 1. The van der Waals surface area contributed by atoms with Crippen LogP contribution in [0.25, 0.3) is 0 Å². The Morgan fingerprint density at radius 3 is 2.57 bits per heavy atom. The highest BCUT2D eigenvalue weighted by Crippen LogP contribution is 2.09. The van der Waals surface area contributed by atoms with Gasteiger partial charge in [0, 0.05) is 18.3 Å². The molecule has 0 aliphatic rings. The van der Waals surface area contributed by atoms with Crippen molar-refractivity contribution >= 4 is 23.1 Å². The summed E-state index contributed by atoms with van der Waals surface area (Å²) in [6.45, 7) is 5.19. The highest BCUT2D eigenvalue weighted by molar-refractivity contribution is 7.80. The molecule has 0 aromatic carbocycles. The normalized spacial score (nSPS) is 10.6. The average Bonchev–Trinajstić information content (AvgIpc) is 2.45. The first-order chi connectivity index (χ1) is 10.0. The van der Waals surface area contributed by atoms with Gasteiger partial charge in [0.05, 0.1) is 0 Å². The van der Waals surface area contributed by atoms with Gasteiger partial charge in [-0.1, -0.05) is 51.7 Å². The summed E-state index contributed by atoms with van der Waals surface area (Å²) in [4.78, 5) is 16.2. The summed E-state index contributed by atoms with van der Waals surface area (Å²) in [5, 5.41) is 2.88. The van der Waals surface area contributed by atoms with Crippen molar-refractivity contribution in [1.29, 1.82) is 0 Å². The molecule has 3 N–H and O–H groups in total. The predicted octanol–water partition coefficient (Wildman–Crippen LogP) is 3.05. The Morgan fingerprint density at radius 2 is 2.00 bits per heavy atom. The third-order valence-corrected chi connectivity index (χ3v) is 3.51. The number of pyridine rings is 1. The number of unbranched alkanes of at least 4 members (excludes halogenated alkanes) is 3. The van der Waals surface area contributed by atoms with Gasteiger partial charge in [0.2, 0.25) is 0 Å². The number of carbonyl (C=O) groups is 1. The summed E-state index contributed by atoms with van der Waals surface area (Å²) in [5.74, 6) is 0.631. The number of thiocarbonyl (C=S) groups is 1. The molecule has 0 spiro atoms. The number of nitrogens with one attached hydrogen (secondary N) is 1. The minimum Gasteiger partial charge on any atom is -0.389 e. The molecule has 0 saturated carbocycles. The van der Waals surface area contributed by atoms with E-state index in [0.717, 1.165) is 18.8 Å².